The van der Waals surface area contributed by atoms with Crippen molar-refractivity contribution in [1.29, 1.82) is 0 Å². The fourth-order valence-corrected chi connectivity index (χ4v) is 2.95. The third-order valence-corrected chi connectivity index (χ3v) is 4.53. The second-order valence-corrected chi connectivity index (χ2v) is 6.71. The highest BCUT2D eigenvalue weighted by atomic mass is 127. The Morgan fingerprint density at radius 2 is 1.81 bits per heavy atom. The van der Waals surface area contributed by atoms with Crippen molar-refractivity contribution in [1.82, 2.24) is 15.6 Å². The molecular formula is C23H28FIN4O3. The first-order chi connectivity index (χ1) is 15.1. The summed E-state index contributed by atoms with van der Waals surface area (Å²) in [5, 5.41) is 6.53. The minimum Gasteiger partial charge on any atom is -0.493 e. The summed E-state index contributed by atoms with van der Waals surface area (Å²) in [4.78, 5) is 9.09. The fourth-order valence-electron chi connectivity index (χ4n) is 2.95. The van der Waals surface area contributed by atoms with Gasteiger partial charge in [0, 0.05) is 25.1 Å². The van der Waals surface area contributed by atoms with Crippen molar-refractivity contribution in [2.75, 3.05) is 27.3 Å². The molecule has 3 aromatic rings. The van der Waals surface area contributed by atoms with E-state index in [4.69, 9.17) is 13.9 Å². The highest BCUT2D eigenvalue weighted by Crippen LogP contribution is 2.27. The first-order valence-electron chi connectivity index (χ1n) is 10.1. The number of oxazole rings is 1. The minimum atomic E-state index is -0.289. The molecule has 172 valence electrons. The zero-order valence-electron chi connectivity index (χ0n) is 18.4. The lowest BCUT2D eigenvalue weighted by Gasteiger charge is -2.11. The van der Waals surface area contributed by atoms with Gasteiger partial charge >= 0.3 is 0 Å². The van der Waals surface area contributed by atoms with Gasteiger partial charge in [-0.15, -0.1) is 24.0 Å². The Balaban J connectivity index is 0.00000363. The van der Waals surface area contributed by atoms with Crippen LogP contribution in [0.5, 0.6) is 11.5 Å². The van der Waals surface area contributed by atoms with Gasteiger partial charge in [-0.05, 0) is 48.9 Å². The van der Waals surface area contributed by atoms with Gasteiger partial charge in [0.15, 0.2) is 17.5 Å². The molecule has 0 aliphatic rings. The highest BCUT2D eigenvalue weighted by Gasteiger charge is 2.08. The van der Waals surface area contributed by atoms with Crippen LogP contribution in [0.3, 0.4) is 0 Å². The molecule has 1 aromatic heterocycles. The molecule has 0 aliphatic carbocycles. The topological polar surface area (TPSA) is 80.9 Å². The largest absolute Gasteiger partial charge is 0.493 e. The second kappa shape index (κ2) is 12.9. The van der Waals surface area contributed by atoms with Crippen LogP contribution in [0.15, 0.2) is 58.1 Å². The number of aliphatic imine (C=N–C) groups is 1. The molecule has 0 bridgehead atoms. The number of aromatic nitrogens is 1. The molecule has 0 radical (unpaired) electrons. The maximum absolute atomic E-state index is 13.1. The van der Waals surface area contributed by atoms with Gasteiger partial charge in [-0.2, -0.15) is 0 Å². The summed E-state index contributed by atoms with van der Waals surface area (Å²) in [5.74, 6) is 2.26. The van der Waals surface area contributed by atoms with Crippen molar-refractivity contribution < 1.29 is 18.3 Å². The molecule has 9 heteroatoms. The highest BCUT2D eigenvalue weighted by molar-refractivity contribution is 14.0. The van der Waals surface area contributed by atoms with Gasteiger partial charge in [0.05, 0.1) is 26.5 Å². The van der Waals surface area contributed by atoms with E-state index in [0.717, 1.165) is 23.4 Å². The van der Waals surface area contributed by atoms with E-state index in [1.165, 1.54) is 12.1 Å². The van der Waals surface area contributed by atoms with Crippen molar-refractivity contribution >= 4 is 29.9 Å². The van der Waals surface area contributed by atoms with Crippen molar-refractivity contribution in [3.05, 3.63) is 65.8 Å². The summed E-state index contributed by atoms with van der Waals surface area (Å²) in [6.07, 6.45) is 2.28. The smallest absolute Gasteiger partial charge is 0.226 e. The predicted octanol–water partition coefficient (Wildman–Crippen LogP) is 4.41. The van der Waals surface area contributed by atoms with Crippen LogP contribution < -0.4 is 20.1 Å². The van der Waals surface area contributed by atoms with E-state index in [9.17, 15) is 4.39 Å². The molecule has 32 heavy (non-hydrogen) atoms. The third-order valence-electron chi connectivity index (χ3n) is 4.53. The SMILES string of the molecule is CCNC(=NCc1ccc(OC)c(OC)c1)NCCc1coc(-c2ccc(F)cc2)n1.I. The maximum atomic E-state index is 13.1. The molecule has 1 heterocycles. The summed E-state index contributed by atoms with van der Waals surface area (Å²) >= 11 is 0. The van der Waals surface area contributed by atoms with Crippen molar-refractivity contribution in [3.63, 3.8) is 0 Å². The average molecular weight is 554 g/mol. The van der Waals surface area contributed by atoms with Gasteiger partial charge in [0.25, 0.3) is 0 Å². The van der Waals surface area contributed by atoms with Crippen LogP contribution in [-0.4, -0.2) is 38.3 Å². The van der Waals surface area contributed by atoms with Gasteiger partial charge < -0.3 is 24.5 Å². The van der Waals surface area contributed by atoms with Crippen LogP contribution in [0.1, 0.15) is 18.2 Å². The minimum absolute atomic E-state index is 0. The Morgan fingerprint density at radius 1 is 1.06 bits per heavy atom. The molecular weight excluding hydrogens is 526 g/mol. The lowest BCUT2D eigenvalue weighted by atomic mass is 10.2. The Morgan fingerprint density at radius 3 is 2.50 bits per heavy atom. The quantitative estimate of drug-likeness (QED) is 0.232. The lowest BCUT2D eigenvalue weighted by molar-refractivity contribution is 0.354. The third kappa shape index (κ3) is 7.11. The van der Waals surface area contributed by atoms with E-state index in [1.807, 2.05) is 25.1 Å². The number of hydrogen-bond donors (Lipinski definition) is 2. The summed E-state index contributed by atoms with van der Waals surface area (Å²) in [5.41, 5.74) is 2.56. The van der Waals surface area contributed by atoms with Crippen LogP contribution in [0.2, 0.25) is 0 Å². The molecule has 7 nitrogen and oxygen atoms in total. The first-order valence-corrected chi connectivity index (χ1v) is 10.1. The Labute approximate surface area is 204 Å². The normalized spacial score (nSPS) is 10.9. The van der Waals surface area contributed by atoms with Gasteiger partial charge in [-0.1, -0.05) is 6.07 Å². The second-order valence-electron chi connectivity index (χ2n) is 6.71. The van der Waals surface area contributed by atoms with E-state index in [1.54, 1.807) is 32.6 Å². The van der Waals surface area contributed by atoms with Crippen LogP contribution in [-0.2, 0) is 13.0 Å². The summed E-state index contributed by atoms with van der Waals surface area (Å²) in [6.45, 7) is 3.89. The van der Waals surface area contributed by atoms with E-state index >= 15 is 0 Å². The number of methoxy groups -OCH3 is 2. The van der Waals surface area contributed by atoms with Gasteiger partial charge in [0.2, 0.25) is 5.89 Å². The van der Waals surface area contributed by atoms with Crippen molar-refractivity contribution in [2.45, 2.75) is 19.9 Å². The van der Waals surface area contributed by atoms with E-state index in [-0.39, 0.29) is 29.8 Å². The molecule has 0 aliphatic heterocycles. The molecule has 0 fully saturated rings. The van der Waals surface area contributed by atoms with E-state index < -0.39 is 0 Å². The van der Waals surface area contributed by atoms with E-state index in [0.29, 0.717) is 42.9 Å². The molecule has 0 saturated carbocycles. The van der Waals surface area contributed by atoms with Gasteiger partial charge in [-0.25, -0.2) is 14.4 Å². The van der Waals surface area contributed by atoms with Gasteiger partial charge in [0.1, 0.15) is 12.1 Å². The van der Waals surface area contributed by atoms with Crippen LogP contribution in [0, 0.1) is 5.82 Å². The molecule has 0 atom stereocenters. The number of nitrogens with one attached hydrogen (secondary N) is 2. The zero-order valence-corrected chi connectivity index (χ0v) is 20.7. The molecule has 2 aromatic carbocycles. The average Bonchev–Trinajstić information content (AvgIpc) is 3.26. The molecule has 0 amide bonds. The summed E-state index contributed by atoms with van der Waals surface area (Å²) < 4.78 is 29.2. The number of guanidine groups is 1. The maximum Gasteiger partial charge on any atom is 0.226 e. The molecule has 2 N–H and O–H groups in total. The monoisotopic (exact) mass is 554 g/mol. The number of hydrogen-bond acceptors (Lipinski definition) is 5. The number of benzene rings is 2. The van der Waals surface area contributed by atoms with Crippen molar-refractivity contribution in [2.24, 2.45) is 4.99 Å². The lowest BCUT2D eigenvalue weighted by Crippen LogP contribution is -2.38. The van der Waals surface area contributed by atoms with Crippen LogP contribution in [0.25, 0.3) is 11.5 Å². The summed E-state index contributed by atoms with van der Waals surface area (Å²) in [7, 11) is 3.22. The van der Waals surface area contributed by atoms with Gasteiger partial charge in [-0.3, -0.25) is 0 Å². The number of ether oxygens (including phenoxy) is 2. The van der Waals surface area contributed by atoms with Crippen LogP contribution >= 0.6 is 24.0 Å². The first kappa shape index (κ1) is 25.4. The number of halogens is 2. The van der Waals surface area contributed by atoms with Crippen LogP contribution in [0.4, 0.5) is 4.39 Å². The standard InChI is InChI=1S/C23H27FN4O3.HI/c1-4-25-23(27-14-16-5-10-20(29-2)21(13-16)30-3)26-12-11-19-15-31-22(28-19)17-6-8-18(24)9-7-17;/h5-10,13,15H,4,11-12,14H2,1-3H3,(H2,25,26,27);1H. The number of nitrogens with zero attached hydrogens (tertiary/aromatic N) is 2. The van der Waals surface area contributed by atoms with Crippen molar-refractivity contribution in [3.8, 4) is 23.0 Å². The Hall–Kier alpha value is -2.82. The zero-order chi connectivity index (χ0) is 22.1. The Bertz CT molecular complexity index is 1010. The summed E-state index contributed by atoms with van der Waals surface area (Å²) in [6, 6.07) is 11.8. The molecule has 0 saturated heterocycles. The Kier molecular flexibility index (Phi) is 10.3. The fraction of sp³-hybridized carbons (Fsp3) is 0.304. The number of rotatable bonds is 9. The molecule has 0 spiro atoms. The molecule has 3 rings (SSSR count). The van der Waals surface area contributed by atoms with E-state index in [2.05, 4.69) is 20.6 Å². The molecule has 0 unspecified atom stereocenters. The predicted molar refractivity (Wildman–Crippen MR) is 133 cm³/mol.